The van der Waals surface area contributed by atoms with Gasteiger partial charge < -0.3 is 11.1 Å². The Morgan fingerprint density at radius 2 is 1.86 bits per heavy atom. The number of benzene rings is 2. The number of aryl methyl sites for hydroxylation is 1. The number of nitrogens with one attached hydrogen (secondary N) is 1. The largest absolute Gasteiger partial charge is 0.397 e. The number of anilines is 1. The maximum atomic E-state index is 12.7. The summed E-state index contributed by atoms with van der Waals surface area (Å²) < 4.78 is 0. The normalized spacial score (nSPS) is 10.9. The van der Waals surface area contributed by atoms with Crippen molar-refractivity contribution in [2.45, 2.75) is 13.5 Å². The summed E-state index contributed by atoms with van der Waals surface area (Å²) in [5.74, 6) is -0.225. The highest BCUT2D eigenvalue weighted by atomic mass is 35.5. The van der Waals surface area contributed by atoms with Crippen molar-refractivity contribution < 1.29 is 4.79 Å². The molecule has 0 radical (unpaired) electrons. The summed E-state index contributed by atoms with van der Waals surface area (Å²) in [7, 11) is 0. The first-order chi connectivity index (χ1) is 13.5. The van der Waals surface area contributed by atoms with Gasteiger partial charge in [-0.2, -0.15) is 0 Å². The van der Waals surface area contributed by atoms with Gasteiger partial charge in [-0.15, -0.1) is 11.3 Å². The number of nitrogens with zero attached hydrogens (tertiary/aromatic N) is 1. The summed E-state index contributed by atoms with van der Waals surface area (Å²) in [5, 5.41) is 4.31. The highest BCUT2D eigenvalue weighted by Gasteiger charge is 2.18. The van der Waals surface area contributed by atoms with Gasteiger partial charge in [-0.05, 0) is 30.7 Å². The quantitative estimate of drug-likeness (QED) is 0.473. The Bertz CT molecular complexity index is 1170. The number of aromatic nitrogens is 1. The lowest BCUT2D eigenvalue weighted by Crippen LogP contribution is -2.22. The topological polar surface area (TPSA) is 68.0 Å². The standard InChI is InChI=1S/C22H18ClN3OS/c1-13-6-8-14(9-7-13)18-11-10-16-19(24)20(28-22(16)26-18)21(27)25-12-15-4-2-3-5-17(15)23/h2-11H,12,24H2,1H3,(H,25,27). The molecule has 3 N–H and O–H groups in total. The lowest BCUT2D eigenvalue weighted by molar-refractivity contribution is 0.0956. The van der Waals surface area contributed by atoms with Crippen molar-refractivity contribution in [2.24, 2.45) is 0 Å². The molecule has 4 rings (SSSR count). The Morgan fingerprint density at radius 1 is 1.11 bits per heavy atom. The molecule has 0 atom stereocenters. The lowest BCUT2D eigenvalue weighted by Gasteiger charge is -2.06. The van der Waals surface area contributed by atoms with Crippen molar-refractivity contribution in [2.75, 3.05) is 5.73 Å². The molecule has 1 amide bonds. The van der Waals surface area contributed by atoms with E-state index in [1.54, 1.807) is 6.07 Å². The van der Waals surface area contributed by atoms with Gasteiger partial charge in [0.15, 0.2) is 0 Å². The van der Waals surface area contributed by atoms with E-state index in [1.165, 1.54) is 16.9 Å². The molecule has 2 aromatic heterocycles. The number of thiophene rings is 1. The number of carbonyl (C=O) groups is 1. The molecule has 4 aromatic rings. The third-order valence-electron chi connectivity index (χ3n) is 4.54. The summed E-state index contributed by atoms with van der Waals surface area (Å²) in [6.07, 6.45) is 0. The number of rotatable bonds is 4. The second-order valence-electron chi connectivity index (χ2n) is 6.53. The van der Waals surface area contributed by atoms with Crippen LogP contribution in [0.3, 0.4) is 0 Å². The van der Waals surface area contributed by atoms with Crippen molar-refractivity contribution in [1.29, 1.82) is 0 Å². The second kappa shape index (κ2) is 7.62. The number of amides is 1. The fourth-order valence-corrected chi connectivity index (χ4v) is 4.16. The molecule has 140 valence electrons. The van der Waals surface area contributed by atoms with E-state index in [2.05, 4.69) is 17.4 Å². The van der Waals surface area contributed by atoms with Gasteiger partial charge in [0.05, 0.1) is 11.4 Å². The van der Waals surface area contributed by atoms with Crippen molar-refractivity contribution in [1.82, 2.24) is 10.3 Å². The first-order valence-corrected chi connectivity index (χ1v) is 10.00. The van der Waals surface area contributed by atoms with Gasteiger partial charge in [0.1, 0.15) is 9.71 Å². The number of pyridine rings is 1. The van der Waals surface area contributed by atoms with Gasteiger partial charge >= 0.3 is 0 Å². The monoisotopic (exact) mass is 407 g/mol. The molecule has 0 spiro atoms. The minimum atomic E-state index is -0.225. The molecular formula is C22H18ClN3OS. The van der Waals surface area contributed by atoms with Crippen LogP contribution < -0.4 is 11.1 Å². The van der Waals surface area contributed by atoms with Crippen LogP contribution in [0.15, 0.2) is 60.7 Å². The maximum absolute atomic E-state index is 12.7. The number of hydrogen-bond acceptors (Lipinski definition) is 4. The third-order valence-corrected chi connectivity index (χ3v) is 6.03. The molecule has 0 saturated heterocycles. The number of hydrogen-bond donors (Lipinski definition) is 2. The van der Waals surface area contributed by atoms with Crippen LogP contribution in [0.1, 0.15) is 20.8 Å². The zero-order valence-corrected chi connectivity index (χ0v) is 16.8. The first kappa shape index (κ1) is 18.5. The average Bonchev–Trinajstić information content (AvgIpc) is 3.04. The van der Waals surface area contributed by atoms with E-state index in [0.29, 0.717) is 22.1 Å². The average molecular weight is 408 g/mol. The van der Waals surface area contributed by atoms with E-state index in [1.807, 2.05) is 49.4 Å². The van der Waals surface area contributed by atoms with E-state index in [0.717, 1.165) is 27.0 Å². The molecule has 0 aliphatic heterocycles. The molecule has 0 unspecified atom stereocenters. The summed E-state index contributed by atoms with van der Waals surface area (Å²) in [5.41, 5.74) is 10.6. The Hall–Kier alpha value is -2.89. The zero-order chi connectivity index (χ0) is 19.7. The number of carbonyl (C=O) groups excluding carboxylic acids is 1. The van der Waals surface area contributed by atoms with Crippen LogP contribution in [0.5, 0.6) is 0 Å². The van der Waals surface area contributed by atoms with E-state index >= 15 is 0 Å². The van der Waals surface area contributed by atoms with Crippen molar-refractivity contribution in [3.05, 3.63) is 81.7 Å². The predicted octanol–water partition coefficient (Wildman–Crippen LogP) is 5.44. The molecular weight excluding hydrogens is 390 g/mol. The molecule has 2 aromatic carbocycles. The molecule has 0 aliphatic rings. The Kier molecular flexibility index (Phi) is 5.03. The van der Waals surface area contributed by atoms with E-state index in [4.69, 9.17) is 22.3 Å². The number of fused-ring (bicyclic) bond motifs is 1. The minimum Gasteiger partial charge on any atom is -0.397 e. The van der Waals surface area contributed by atoms with Gasteiger partial charge in [0.25, 0.3) is 5.91 Å². The highest BCUT2D eigenvalue weighted by Crippen LogP contribution is 2.34. The van der Waals surface area contributed by atoms with E-state index in [-0.39, 0.29) is 5.91 Å². The molecule has 0 fully saturated rings. The molecule has 6 heteroatoms. The summed E-state index contributed by atoms with van der Waals surface area (Å²) in [4.78, 5) is 18.6. The van der Waals surface area contributed by atoms with E-state index < -0.39 is 0 Å². The van der Waals surface area contributed by atoms with Crippen LogP contribution in [0.2, 0.25) is 5.02 Å². The van der Waals surface area contributed by atoms with Crippen LogP contribution in [-0.2, 0) is 6.54 Å². The van der Waals surface area contributed by atoms with Gasteiger partial charge in [-0.25, -0.2) is 4.98 Å². The maximum Gasteiger partial charge on any atom is 0.263 e. The molecule has 28 heavy (non-hydrogen) atoms. The fourth-order valence-electron chi connectivity index (χ4n) is 2.95. The van der Waals surface area contributed by atoms with Crippen molar-refractivity contribution >= 4 is 44.7 Å². The Labute approximate surface area is 172 Å². The van der Waals surface area contributed by atoms with Crippen LogP contribution in [0, 0.1) is 6.92 Å². The van der Waals surface area contributed by atoms with Crippen LogP contribution in [0.25, 0.3) is 21.5 Å². The van der Waals surface area contributed by atoms with Crippen LogP contribution >= 0.6 is 22.9 Å². The zero-order valence-electron chi connectivity index (χ0n) is 15.2. The molecule has 0 saturated carbocycles. The SMILES string of the molecule is Cc1ccc(-c2ccc3c(N)c(C(=O)NCc4ccccc4Cl)sc3n2)cc1. The van der Waals surface area contributed by atoms with Crippen molar-refractivity contribution in [3.8, 4) is 11.3 Å². The van der Waals surface area contributed by atoms with Crippen LogP contribution in [0.4, 0.5) is 5.69 Å². The summed E-state index contributed by atoms with van der Waals surface area (Å²) >= 11 is 7.45. The fraction of sp³-hybridized carbons (Fsp3) is 0.0909. The summed E-state index contributed by atoms with van der Waals surface area (Å²) in [6, 6.07) is 19.5. The van der Waals surface area contributed by atoms with Crippen molar-refractivity contribution in [3.63, 3.8) is 0 Å². The number of nitrogens with two attached hydrogens (primary N) is 1. The number of nitrogen functional groups attached to an aromatic ring is 1. The van der Waals surface area contributed by atoms with Gasteiger partial charge in [0.2, 0.25) is 0 Å². The molecule has 0 aliphatic carbocycles. The summed E-state index contributed by atoms with van der Waals surface area (Å²) in [6.45, 7) is 2.39. The van der Waals surface area contributed by atoms with E-state index in [9.17, 15) is 4.79 Å². The Balaban J connectivity index is 1.60. The Morgan fingerprint density at radius 3 is 2.61 bits per heavy atom. The second-order valence-corrected chi connectivity index (χ2v) is 7.94. The third kappa shape index (κ3) is 3.59. The molecule has 2 heterocycles. The predicted molar refractivity (Wildman–Crippen MR) is 117 cm³/mol. The minimum absolute atomic E-state index is 0.225. The van der Waals surface area contributed by atoms with Crippen LogP contribution in [-0.4, -0.2) is 10.9 Å². The lowest BCUT2D eigenvalue weighted by atomic mass is 10.1. The molecule has 0 bridgehead atoms. The van der Waals surface area contributed by atoms with Gasteiger partial charge in [0, 0.05) is 22.5 Å². The molecule has 4 nitrogen and oxygen atoms in total. The highest BCUT2D eigenvalue weighted by molar-refractivity contribution is 7.21. The van der Waals surface area contributed by atoms with Gasteiger partial charge in [-0.3, -0.25) is 4.79 Å². The number of halogens is 1. The first-order valence-electron chi connectivity index (χ1n) is 8.80. The smallest absolute Gasteiger partial charge is 0.263 e. The van der Waals surface area contributed by atoms with Gasteiger partial charge in [-0.1, -0.05) is 59.6 Å².